The first-order valence-corrected chi connectivity index (χ1v) is 11.8. The predicted molar refractivity (Wildman–Crippen MR) is 135 cm³/mol. The molecule has 29 heavy (non-hydrogen) atoms. The van der Waals surface area contributed by atoms with Gasteiger partial charge in [-0.1, -0.05) is 114 Å². The van der Waals surface area contributed by atoms with Crippen LogP contribution in [-0.4, -0.2) is 7.85 Å². The van der Waals surface area contributed by atoms with Gasteiger partial charge in [-0.2, -0.15) is 0 Å². The van der Waals surface area contributed by atoms with Crippen molar-refractivity contribution in [1.29, 1.82) is 0 Å². The lowest BCUT2D eigenvalue weighted by atomic mass is 9.67. The molecule has 0 saturated carbocycles. The van der Waals surface area contributed by atoms with Crippen molar-refractivity contribution in [3.05, 3.63) is 121 Å². The van der Waals surface area contributed by atoms with Crippen molar-refractivity contribution >= 4 is 61.1 Å². The third kappa shape index (κ3) is 2.99. The van der Waals surface area contributed by atoms with E-state index in [0.717, 1.165) is 13.4 Å². The largest absolute Gasteiger partial charge is 0.139 e. The van der Waals surface area contributed by atoms with Crippen LogP contribution in [0.2, 0.25) is 0 Å². The Labute approximate surface area is 197 Å². The van der Waals surface area contributed by atoms with E-state index in [1.54, 1.807) is 0 Å². The number of halogens is 3. The molecule has 0 spiro atoms. The van der Waals surface area contributed by atoms with Gasteiger partial charge in [0.25, 0.3) is 0 Å². The molecule has 4 aromatic carbocycles. The molecule has 4 aromatic rings. The maximum Gasteiger partial charge on any atom is 0.139 e. The Morgan fingerprint density at radius 3 is 1.52 bits per heavy atom. The zero-order valence-corrected chi connectivity index (χ0v) is 20.5. The molecule has 1 aliphatic carbocycles. The van der Waals surface area contributed by atoms with E-state index >= 15 is 0 Å². The minimum absolute atomic E-state index is 0.381. The first kappa shape index (κ1) is 19.4. The Hall–Kier alpha value is -1.62. The van der Waals surface area contributed by atoms with E-state index in [1.165, 1.54) is 38.8 Å². The molecule has 0 unspecified atom stereocenters. The first-order chi connectivity index (χ1) is 14.0. The summed E-state index contributed by atoms with van der Waals surface area (Å²) in [5.74, 6) is 0. The molecule has 1 aliphatic rings. The molecule has 0 heterocycles. The summed E-state index contributed by atoms with van der Waals surface area (Å²) in [6, 6.07) is 31.0. The van der Waals surface area contributed by atoms with Crippen molar-refractivity contribution in [1.82, 2.24) is 0 Å². The highest BCUT2D eigenvalue weighted by Gasteiger charge is 2.46. The van der Waals surface area contributed by atoms with Crippen molar-refractivity contribution in [2.75, 3.05) is 0 Å². The molecule has 0 fully saturated rings. The Morgan fingerprint density at radius 1 is 0.552 bits per heavy atom. The highest BCUT2D eigenvalue weighted by atomic mass is 79.9. The molecule has 0 aromatic heterocycles. The van der Waals surface area contributed by atoms with Crippen LogP contribution in [0.1, 0.15) is 22.3 Å². The van der Waals surface area contributed by atoms with Crippen molar-refractivity contribution in [2.24, 2.45) is 0 Å². The standard InChI is InChI=1S/C25H16BBr3/c26-17-9-15(10-18(27)13-17)25(16-11-19(28)14-20(29)12-16)23-7-3-1-5-21(23)22-6-2-4-8-24(22)25/h1-14H,26H2. The van der Waals surface area contributed by atoms with Gasteiger partial charge in [0.2, 0.25) is 0 Å². The van der Waals surface area contributed by atoms with Crippen molar-refractivity contribution in [3.8, 4) is 11.1 Å². The summed E-state index contributed by atoms with van der Waals surface area (Å²) >= 11 is 11.2. The van der Waals surface area contributed by atoms with Crippen molar-refractivity contribution in [3.63, 3.8) is 0 Å². The van der Waals surface area contributed by atoms with Crippen LogP contribution in [0.3, 0.4) is 0 Å². The second-order valence-electron chi connectivity index (χ2n) is 7.52. The zero-order valence-electron chi connectivity index (χ0n) is 15.7. The molecule has 0 radical (unpaired) electrons. The Kier molecular flexibility index (Phi) is 4.85. The first-order valence-electron chi connectivity index (χ1n) is 9.44. The molecule has 5 rings (SSSR count). The predicted octanol–water partition coefficient (Wildman–Crippen LogP) is 6.60. The van der Waals surface area contributed by atoms with Gasteiger partial charge in [-0.3, -0.25) is 0 Å². The average Bonchev–Trinajstić information content (AvgIpc) is 2.98. The van der Waals surface area contributed by atoms with Crippen LogP contribution in [0.15, 0.2) is 98.3 Å². The SMILES string of the molecule is Bc1cc(Br)cc(C2(c3cc(Br)cc(Br)c3)c3ccccc3-c3ccccc32)c1. The lowest BCUT2D eigenvalue weighted by Gasteiger charge is -2.34. The van der Waals surface area contributed by atoms with Gasteiger partial charge in [0, 0.05) is 13.4 Å². The van der Waals surface area contributed by atoms with Gasteiger partial charge >= 0.3 is 0 Å². The lowest BCUT2D eigenvalue weighted by molar-refractivity contribution is 0.767. The van der Waals surface area contributed by atoms with Crippen LogP contribution in [0.5, 0.6) is 0 Å². The molecule has 0 saturated heterocycles. The van der Waals surface area contributed by atoms with E-state index in [2.05, 4.69) is 141 Å². The number of hydrogen-bond donors (Lipinski definition) is 0. The summed E-state index contributed by atoms with van der Waals surface area (Å²) in [5.41, 5.74) is 8.62. The topological polar surface area (TPSA) is 0 Å². The molecule has 0 aliphatic heterocycles. The van der Waals surface area contributed by atoms with Gasteiger partial charge in [0.1, 0.15) is 7.85 Å². The van der Waals surface area contributed by atoms with Gasteiger partial charge in [0.05, 0.1) is 5.41 Å². The molecule has 4 heteroatoms. The van der Waals surface area contributed by atoms with E-state index in [1.807, 2.05) is 0 Å². The molecule has 140 valence electrons. The highest BCUT2D eigenvalue weighted by molar-refractivity contribution is 9.11. The Bertz CT molecular complexity index is 1120. The summed E-state index contributed by atoms with van der Waals surface area (Å²) in [6.45, 7) is 0. The van der Waals surface area contributed by atoms with Gasteiger partial charge in [-0.15, -0.1) is 0 Å². The molecular weight excluding hydrogens is 551 g/mol. The zero-order chi connectivity index (χ0) is 20.2. The van der Waals surface area contributed by atoms with Crippen LogP contribution < -0.4 is 5.46 Å². The highest BCUT2D eigenvalue weighted by Crippen LogP contribution is 2.56. The summed E-state index contributed by atoms with van der Waals surface area (Å²) < 4.78 is 3.23. The molecule has 0 amide bonds. The third-order valence-electron chi connectivity index (χ3n) is 5.72. The Morgan fingerprint density at radius 2 is 1.00 bits per heavy atom. The number of benzene rings is 4. The van der Waals surface area contributed by atoms with Gasteiger partial charge in [-0.05, 0) is 57.6 Å². The van der Waals surface area contributed by atoms with Crippen LogP contribution in [0, 0.1) is 0 Å². The fraction of sp³-hybridized carbons (Fsp3) is 0.0400. The smallest absolute Gasteiger partial charge is 0.0875 e. The second-order valence-corrected chi connectivity index (χ2v) is 10.3. The van der Waals surface area contributed by atoms with Crippen molar-refractivity contribution in [2.45, 2.75) is 5.41 Å². The fourth-order valence-corrected chi connectivity index (χ4v) is 6.65. The van der Waals surface area contributed by atoms with Gasteiger partial charge in [-0.25, -0.2) is 0 Å². The number of rotatable bonds is 2. The van der Waals surface area contributed by atoms with E-state index in [0.29, 0.717) is 0 Å². The second kappa shape index (κ2) is 7.26. The van der Waals surface area contributed by atoms with E-state index < -0.39 is 0 Å². The molecule has 0 nitrogen and oxygen atoms in total. The van der Waals surface area contributed by atoms with E-state index in [-0.39, 0.29) is 5.41 Å². The minimum Gasteiger partial charge on any atom is -0.0875 e. The number of fused-ring (bicyclic) bond motifs is 3. The average molecular weight is 567 g/mol. The summed E-state index contributed by atoms with van der Waals surface area (Å²) in [4.78, 5) is 0. The molecule has 0 N–H and O–H groups in total. The van der Waals surface area contributed by atoms with Crippen LogP contribution in [0.25, 0.3) is 11.1 Å². The minimum atomic E-state index is -0.381. The maximum atomic E-state index is 3.75. The normalized spacial score (nSPS) is 13.8. The van der Waals surface area contributed by atoms with Crippen LogP contribution in [-0.2, 0) is 5.41 Å². The van der Waals surface area contributed by atoms with Gasteiger partial charge < -0.3 is 0 Å². The Balaban J connectivity index is 2.00. The van der Waals surface area contributed by atoms with Crippen LogP contribution >= 0.6 is 47.8 Å². The van der Waals surface area contributed by atoms with Crippen LogP contribution in [0.4, 0.5) is 0 Å². The molecular formula is C25H16BBr3. The lowest BCUT2D eigenvalue weighted by Crippen LogP contribution is -2.30. The summed E-state index contributed by atoms with van der Waals surface area (Å²) in [7, 11) is 2.16. The number of hydrogen-bond acceptors (Lipinski definition) is 0. The third-order valence-corrected chi connectivity index (χ3v) is 7.10. The monoisotopic (exact) mass is 564 g/mol. The van der Waals surface area contributed by atoms with Crippen molar-refractivity contribution < 1.29 is 0 Å². The van der Waals surface area contributed by atoms with Gasteiger partial charge in [0.15, 0.2) is 0 Å². The molecule has 0 atom stereocenters. The molecule has 0 bridgehead atoms. The summed E-state index contributed by atoms with van der Waals surface area (Å²) in [6.07, 6.45) is 0. The fourth-order valence-electron chi connectivity index (χ4n) is 4.75. The van der Waals surface area contributed by atoms with E-state index in [4.69, 9.17) is 0 Å². The summed E-state index contributed by atoms with van der Waals surface area (Å²) in [5, 5.41) is 0. The van der Waals surface area contributed by atoms with E-state index in [9.17, 15) is 0 Å². The maximum absolute atomic E-state index is 3.75. The quantitative estimate of drug-likeness (QED) is 0.211.